The smallest absolute Gasteiger partial charge is 0.251 e. The number of hydrogen-bond acceptors (Lipinski definition) is 4. The zero-order chi connectivity index (χ0) is 15.8. The van der Waals surface area contributed by atoms with Crippen LogP contribution in [0.4, 0.5) is 5.69 Å². The molecule has 1 heterocycles. The highest BCUT2D eigenvalue weighted by atomic mass is 16.5. The van der Waals surface area contributed by atoms with Gasteiger partial charge >= 0.3 is 0 Å². The minimum Gasteiger partial charge on any atom is -0.379 e. The number of rotatable bonds is 8. The summed E-state index contributed by atoms with van der Waals surface area (Å²) in [6.45, 7) is 2.80. The molecule has 122 valence electrons. The Labute approximate surface area is 132 Å². The van der Waals surface area contributed by atoms with Crippen molar-refractivity contribution in [2.75, 3.05) is 45.4 Å². The van der Waals surface area contributed by atoms with E-state index in [4.69, 9.17) is 9.47 Å². The van der Waals surface area contributed by atoms with Crippen LogP contribution in [0.5, 0.6) is 0 Å². The van der Waals surface area contributed by atoms with Crippen molar-refractivity contribution in [1.82, 2.24) is 5.32 Å². The van der Waals surface area contributed by atoms with E-state index in [1.165, 1.54) is 0 Å². The second-order valence-corrected chi connectivity index (χ2v) is 5.76. The van der Waals surface area contributed by atoms with Crippen molar-refractivity contribution in [2.24, 2.45) is 0 Å². The molecule has 0 saturated carbocycles. The molecule has 5 heteroatoms. The number of carbonyl (C=O) groups is 1. The Morgan fingerprint density at radius 2 is 2.14 bits per heavy atom. The molecule has 22 heavy (non-hydrogen) atoms. The summed E-state index contributed by atoms with van der Waals surface area (Å²) in [4.78, 5) is 14.0. The molecule has 1 unspecified atom stereocenters. The Balaban J connectivity index is 1.58. The van der Waals surface area contributed by atoms with Gasteiger partial charge in [-0.1, -0.05) is 0 Å². The Morgan fingerprint density at radius 1 is 1.36 bits per heavy atom. The molecule has 1 aliphatic rings. The van der Waals surface area contributed by atoms with Crippen LogP contribution in [0, 0.1) is 0 Å². The van der Waals surface area contributed by atoms with E-state index < -0.39 is 0 Å². The molecule has 1 saturated heterocycles. The Morgan fingerprint density at radius 3 is 2.77 bits per heavy atom. The first kappa shape index (κ1) is 16.8. The van der Waals surface area contributed by atoms with Crippen LogP contribution in [0.15, 0.2) is 24.3 Å². The van der Waals surface area contributed by atoms with E-state index in [1.54, 1.807) is 0 Å². The fourth-order valence-electron chi connectivity index (χ4n) is 2.38. The molecule has 1 fully saturated rings. The molecule has 5 nitrogen and oxygen atoms in total. The third-order valence-electron chi connectivity index (χ3n) is 3.72. The van der Waals surface area contributed by atoms with Crippen LogP contribution in [0.1, 0.15) is 29.6 Å². The van der Waals surface area contributed by atoms with Crippen molar-refractivity contribution in [3.05, 3.63) is 29.8 Å². The topological polar surface area (TPSA) is 50.8 Å². The molecule has 0 spiro atoms. The average molecular weight is 306 g/mol. The van der Waals surface area contributed by atoms with Crippen molar-refractivity contribution < 1.29 is 14.3 Å². The number of nitrogens with one attached hydrogen (secondary N) is 1. The monoisotopic (exact) mass is 306 g/mol. The summed E-state index contributed by atoms with van der Waals surface area (Å²) >= 11 is 0. The van der Waals surface area contributed by atoms with E-state index >= 15 is 0 Å². The van der Waals surface area contributed by atoms with Crippen LogP contribution in [-0.2, 0) is 9.47 Å². The molecular formula is C17H26N2O3. The average Bonchev–Trinajstić information content (AvgIpc) is 3.04. The van der Waals surface area contributed by atoms with E-state index in [0.717, 1.165) is 31.6 Å². The molecular weight excluding hydrogens is 280 g/mol. The highest BCUT2D eigenvalue weighted by Crippen LogP contribution is 2.12. The SMILES string of the molecule is CN(C)c1ccc(C(=O)NCCCOCC2CCCO2)cc1. The molecule has 1 aliphatic heterocycles. The van der Waals surface area contributed by atoms with Crippen molar-refractivity contribution in [3.63, 3.8) is 0 Å². The van der Waals surface area contributed by atoms with E-state index in [-0.39, 0.29) is 12.0 Å². The van der Waals surface area contributed by atoms with Gasteiger partial charge in [-0.05, 0) is 43.5 Å². The molecule has 2 rings (SSSR count). The molecule has 0 bridgehead atoms. The van der Waals surface area contributed by atoms with Crippen molar-refractivity contribution in [3.8, 4) is 0 Å². The fourth-order valence-corrected chi connectivity index (χ4v) is 2.38. The molecule has 1 amide bonds. The maximum Gasteiger partial charge on any atom is 0.251 e. The van der Waals surface area contributed by atoms with Gasteiger partial charge in [-0.2, -0.15) is 0 Å². The second-order valence-electron chi connectivity index (χ2n) is 5.76. The summed E-state index contributed by atoms with van der Waals surface area (Å²) in [6, 6.07) is 7.58. The number of hydrogen-bond donors (Lipinski definition) is 1. The van der Waals surface area contributed by atoms with E-state index in [0.29, 0.717) is 25.3 Å². The summed E-state index contributed by atoms with van der Waals surface area (Å²) in [6.07, 6.45) is 3.31. The predicted octanol–water partition coefficient (Wildman–Crippen LogP) is 2.07. The maximum absolute atomic E-state index is 12.0. The zero-order valence-electron chi connectivity index (χ0n) is 13.5. The van der Waals surface area contributed by atoms with Gasteiger partial charge in [0.15, 0.2) is 0 Å². The molecule has 0 aliphatic carbocycles. The number of anilines is 1. The normalized spacial score (nSPS) is 17.5. The van der Waals surface area contributed by atoms with Gasteiger partial charge in [0.25, 0.3) is 5.91 Å². The zero-order valence-corrected chi connectivity index (χ0v) is 13.5. The van der Waals surface area contributed by atoms with Crippen LogP contribution in [-0.4, -0.2) is 52.5 Å². The van der Waals surface area contributed by atoms with Gasteiger partial charge in [0.05, 0.1) is 12.7 Å². The minimum absolute atomic E-state index is 0.0376. The second kappa shape index (κ2) is 8.76. The molecule has 1 aromatic rings. The van der Waals surface area contributed by atoms with Crippen molar-refractivity contribution in [1.29, 1.82) is 0 Å². The Hall–Kier alpha value is -1.59. The molecule has 1 aromatic carbocycles. The lowest BCUT2D eigenvalue weighted by molar-refractivity contribution is 0.0166. The van der Waals surface area contributed by atoms with Crippen LogP contribution in [0.25, 0.3) is 0 Å². The standard InChI is InChI=1S/C17H26N2O3/c1-19(2)15-8-6-14(7-9-15)17(20)18-10-4-11-21-13-16-5-3-12-22-16/h6-9,16H,3-5,10-13H2,1-2H3,(H,18,20). The summed E-state index contributed by atoms with van der Waals surface area (Å²) in [5, 5.41) is 2.91. The summed E-state index contributed by atoms with van der Waals surface area (Å²) < 4.78 is 11.0. The first-order valence-electron chi connectivity index (χ1n) is 7.92. The first-order valence-corrected chi connectivity index (χ1v) is 7.92. The van der Waals surface area contributed by atoms with Crippen LogP contribution in [0.3, 0.4) is 0 Å². The van der Waals surface area contributed by atoms with E-state index in [1.807, 2.05) is 43.3 Å². The molecule has 0 aromatic heterocycles. The summed E-state index contributed by atoms with van der Waals surface area (Å²) in [5.41, 5.74) is 1.77. The van der Waals surface area contributed by atoms with E-state index in [2.05, 4.69) is 5.32 Å². The first-order chi connectivity index (χ1) is 10.7. The Bertz CT molecular complexity index is 453. The minimum atomic E-state index is -0.0376. The maximum atomic E-state index is 12.0. The number of ether oxygens (including phenoxy) is 2. The van der Waals surface area contributed by atoms with Gasteiger partial charge < -0.3 is 19.7 Å². The van der Waals surface area contributed by atoms with Gasteiger partial charge in [0, 0.05) is 45.1 Å². The lowest BCUT2D eigenvalue weighted by atomic mass is 10.2. The largest absolute Gasteiger partial charge is 0.379 e. The summed E-state index contributed by atoms with van der Waals surface area (Å²) in [5.74, 6) is -0.0376. The highest BCUT2D eigenvalue weighted by Gasteiger charge is 2.14. The number of carbonyl (C=O) groups excluding carboxylic acids is 1. The van der Waals surface area contributed by atoms with Crippen molar-refractivity contribution >= 4 is 11.6 Å². The number of benzene rings is 1. The van der Waals surface area contributed by atoms with Gasteiger partial charge in [0.2, 0.25) is 0 Å². The third kappa shape index (κ3) is 5.31. The van der Waals surface area contributed by atoms with Gasteiger partial charge in [-0.3, -0.25) is 4.79 Å². The lowest BCUT2D eigenvalue weighted by Gasteiger charge is -2.13. The predicted molar refractivity (Wildman–Crippen MR) is 87.5 cm³/mol. The summed E-state index contributed by atoms with van der Waals surface area (Å²) in [7, 11) is 3.96. The van der Waals surface area contributed by atoms with E-state index in [9.17, 15) is 4.79 Å². The van der Waals surface area contributed by atoms with Crippen LogP contribution >= 0.6 is 0 Å². The quantitative estimate of drug-likeness (QED) is 0.747. The van der Waals surface area contributed by atoms with Crippen molar-refractivity contribution in [2.45, 2.75) is 25.4 Å². The molecule has 0 radical (unpaired) electrons. The fraction of sp³-hybridized carbons (Fsp3) is 0.588. The van der Waals surface area contributed by atoms with Crippen LogP contribution < -0.4 is 10.2 Å². The van der Waals surface area contributed by atoms with Gasteiger partial charge in [-0.25, -0.2) is 0 Å². The number of amides is 1. The van der Waals surface area contributed by atoms with Crippen LogP contribution in [0.2, 0.25) is 0 Å². The Kier molecular flexibility index (Phi) is 6.68. The highest BCUT2D eigenvalue weighted by molar-refractivity contribution is 5.94. The molecule has 1 N–H and O–H groups in total. The van der Waals surface area contributed by atoms with Gasteiger partial charge in [-0.15, -0.1) is 0 Å². The molecule has 1 atom stereocenters. The number of nitrogens with zero attached hydrogens (tertiary/aromatic N) is 1. The third-order valence-corrected chi connectivity index (χ3v) is 3.72. The van der Waals surface area contributed by atoms with Gasteiger partial charge in [0.1, 0.15) is 0 Å². The lowest BCUT2D eigenvalue weighted by Crippen LogP contribution is -2.25.